The van der Waals surface area contributed by atoms with E-state index in [0.29, 0.717) is 41.3 Å². The number of nitrogens with one attached hydrogen (secondary N) is 1. The van der Waals surface area contributed by atoms with Crippen LogP contribution in [0.3, 0.4) is 0 Å². The smallest absolute Gasteiger partial charge is 0.279 e. The molecule has 3 heterocycles. The number of carbonyl (C=O) groups excluding carboxylic acids is 2. The van der Waals surface area contributed by atoms with Gasteiger partial charge >= 0.3 is 0 Å². The van der Waals surface area contributed by atoms with Crippen LogP contribution < -0.4 is 10.9 Å². The highest BCUT2D eigenvalue weighted by molar-refractivity contribution is 7.99. The number of hydrogen-bond acceptors (Lipinski definition) is 8. The van der Waals surface area contributed by atoms with Gasteiger partial charge in [-0.15, -0.1) is 16.9 Å². The van der Waals surface area contributed by atoms with Crippen LogP contribution in [0, 0.1) is 19.8 Å². The molecule has 11 nitrogen and oxygen atoms in total. The minimum absolute atomic E-state index is 0.0708. The normalized spacial score (nSPS) is 23.0. The Morgan fingerprint density at radius 1 is 1.25 bits per heavy atom. The van der Waals surface area contributed by atoms with E-state index < -0.39 is 17.5 Å². The monoisotopic (exact) mass is 517 g/mol. The van der Waals surface area contributed by atoms with Gasteiger partial charge in [-0.1, -0.05) is 5.21 Å². The Morgan fingerprint density at radius 3 is 2.67 bits per heavy atom. The molecule has 0 spiro atoms. The van der Waals surface area contributed by atoms with Crippen LogP contribution in [0.15, 0.2) is 11.0 Å². The van der Waals surface area contributed by atoms with Gasteiger partial charge in [-0.05, 0) is 57.9 Å². The number of aryl methyl sites for hydroxylation is 2. The Kier molecular flexibility index (Phi) is 8.13. The molecule has 2 amide bonds. The predicted octanol–water partition coefficient (Wildman–Crippen LogP) is 0.975. The zero-order chi connectivity index (χ0) is 26.0. The molecule has 1 saturated heterocycles. The second-order valence-electron chi connectivity index (χ2n) is 9.98. The van der Waals surface area contributed by atoms with Gasteiger partial charge in [-0.2, -0.15) is 5.10 Å². The zero-order valence-electron chi connectivity index (χ0n) is 21.3. The zero-order valence-corrected chi connectivity index (χ0v) is 22.1. The summed E-state index contributed by atoms with van der Waals surface area (Å²) in [4.78, 5) is 40.6. The summed E-state index contributed by atoms with van der Waals surface area (Å²) in [6.45, 7) is 6.07. The van der Waals surface area contributed by atoms with Gasteiger partial charge in [-0.3, -0.25) is 19.1 Å². The van der Waals surface area contributed by atoms with Crippen LogP contribution in [0.1, 0.15) is 65.8 Å². The summed E-state index contributed by atoms with van der Waals surface area (Å²) in [7, 11) is 1.52. The average molecular weight is 518 g/mol. The quantitative estimate of drug-likeness (QED) is 0.555. The minimum atomic E-state index is -0.657. The summed E-state index contributed by atoms with van der Waals surface area (Å²) >= 11 is 1.49. The van der Waals surface area contributed by atoms with E-state index in [1.165, 1.54) is 28.4 Å². The fourth-order valence-corrected chi connectivity index (χ4v) is 6.15. The summed E-state index contributed by atoms with van der Waals surface area (Å²) in [6, 6.07) is -0.881. The van der Waals surface area contributed by atoms with E-state index in [4.69, 9.17) is 0 Å². The Balaban J connectivity index is 1.37. The highest BCUT2D eigenvalue weighted by Gasteiger charge is 2.37. The topological polar surface area (TPSA) is 135 Å². The van der Waals surface area contributed by atoms with E-state index in [0.717, 1.165) is 31.4 Å². The number of aliphatic hydroxyl groups excluding tert-OH is 1. The molecule has 2 aromatic heterocycles. The van der Waals surface area contributed by atoms with E-state index in [9.17, 15) is 19.5 Å². The Hall–Kier alpha value is -2.73. The molecular formula is C24H35N7O4S. The van der Waals surface area contributed by atoms with E-state index in [1.807, 2.05) is 13.1 Å². The number of carbonyl (C=O) groups is 2. The Bertz CT molecular complexity index is 1170. The molecule has 2 aliphatic rings. The van der Waals surface area contributed by atoms with Crippen LogP contribution in [0.25, 0.3) is 0 Å². The van der Waals surface area contributed by atoms with Gasteiger partial charge in [0.25, 0.3) is 11.5 Å². The lowest BCUT2D eigenvalue weighted by molar-refractivity contribution is -0.125. The summed E-state index contributed by atoms with van der Waals surface area (Å²) in [6.07, 6.45) is 5.94. The maximum Gasteiger partial charge on any atom is 0.279 e. The number of aromatic nitrogens is 5. The highest BCUT2D eigenvalue weighted by Crippen LogP contribution is 2.34. The first kappa shape index (κ1) is 26.3. The number of hydrogen-bond donors (Lipinski definition) is 2. The van der Waals surface area contributed by atoms with Crippen molar-refractivity contribution < 1.29 is 14.7 Å². The van der Waals surface area contributed by atoms with Crippen LogP contribution in [-0.4, -0.2) is 76.9 Å². The van der Waals surface area contributed by atoms with Gasteiger partial charge in [-0.25, -0.2) is 4.68 Å². The van der Waals surface area contributed by atoms with Crippen molar-refractivity contribution in [2.75, 3.05) is 18.2 Å². The molecule has 4 rings (SSSR count). The SMILES string of the molecule is Cc1nn(C)c(=O)c(C(=O)N2CSCC2C(=O)N[C@H](C)Cn2cc(C3CCC(CO)CC3)nn2)c1C. The molecule has 1 saturated carbocycles. The summed E-state index contributed by atoms with van der Waals surface area (Å²) in [5, 5.41) is 25.1. The number of aliphatic hydroxyl groups is 1. The van der Waals surface area contributed by atoms with Crippen LogP contribution in [0.5, 0.6) is 0 Å². The molecule has 1 aliphatic carbocycles. The second kappa shape index (κ2) is 11.1. The number of nitrogens with zero attached hydrogens (tertiary/aromatic N) is 6. The molecule has 0 radical (unpaired) electrons. The van der Waals surface area contributed by atoms with Crippen molar-refractivity contribution in [1.29, 1.82) is 0 Å². The molecule has 1 aliphatic heterocycles. The van der Waals surface area contributed by atoms with E-state index >= 15 is 0 Å². The van der Waals surface area contributed by atoms with Crippen molar-refractivity contribution in [2.24, 2.45) is 13.0 Å². The van der Waals surface area contributed by atoms with Crippen LogP contribution in [0.2, 0.25) is 0 Å². The number of thioether (sulfide) groups is 1. The van der Waals surface area contributed by atoms with Gasteiger partial charge in [0, 0.05) is 37.6 Å². The standard InChI is InChI=1S/C24H35N7O4S/c1-14(9-30-10-19(26-28-30)18-7-5-17(11-32)6-8-18)25-22(33)20-12-36-13-31(20)24(35)21-15(2)16(3)27-29(4)23(21)34/h10,14,17-18,20,32H,5-9,11-13H2,1-4H3,(H,25,33)/t14-,17?,18?,20?/m1/s1. The van der Waals surface area contributed by atoms with E-state index in [1.54, 1.807) is 18.5 Å². The molecule has 2 fully saturated rings. The maximum atomic E-state index is 13.3. The Labute approximate surface area is 214 Å². The fraction of sp³-hybridized carbons (Fsp3) is 0.667. The van der Waals surface area contributed by atoms with Crippen molar-refractivity contribution in [3.05, 3.63) is 39.1 Å². The molecule has 12 heteroatoms. The third-order valence-electron chi connectivity index (χ3n) is 7.31. The van der Waals surface area contributed by atoms with Gasteiger partial charge in [0.15, 0.2) is 0 Å². The fourth-order valence-electron chi connectivity index (χ4n) is 5.00. The third-order valence-corrected chi connectivity index (χ3v) is 8.33. The Morgan fingerprint density at radius 2 is 1.97 bits per heavy atom. The van der Waals surface area contributed by atoms with E-state index in [2.05, 4.69) is 20.7 Å². The van der Waals surface area contributed by atoms with Gasteiger partial charge in [0.05, 0.1) is 23.8 Å². The molecule has 1 unspecified atom stereocenters. The second-order valence-corrected chi connectivity index (χ2v) is 11.0. The molecule has 2 aromatic rings. The average Bonchev–Trinajstić information content (AvgIpc) is 3.53. The van der Waals surface area contributed by atoms with Crippen molar-refractivity contribution in [1.82, 2.24) is 35.0 Å². The van der Waals surface area contributed by atoms with Crippen molar-refractivity contribution in [3.8, 4) is 0 Å². The first-order valence-corrected chi connectivity index (χ1v) is 13.6. The lowest BCUT2D eigenvalue weighted by Gasteiger charge is -2.25. The van der Waals surface area contributed by atoms with Crippen molar-refractivity contribution >= 4 is 23.6 Å². The minimum Gasteiger partial charge on any atom is -0.396 e. The number of rotatable bonds is 7. The van der Waals surface area contributed by atoms with Gasteiger partial charge in [0.2, 0.25) is 5.91 Å². The largest absolute Gasteiger partial charge is 0.396 e. The van der Waals surface area contributed by atoms with E-state index in [-0.39, 0.29) is 24.1 Å². The lowest BCUT2D eigenvalue weighted by atomic mass is 9.81. The molecule has 36 heavy (non-hydrogen) atoms. The van der Waals surface area contributed by atoms with Crippen molar-refractivity contribution in [2.45, 2.75) is 71.0 Å². The third kappa shape index (κ3) is 5.49. The molecule has 0 aromatic carbocycles. The first-order chi connectivity index (χ1) is 17.2. The summed E-state index contributed by atoms with van der Waals surface area (Å²) in [5.41, 5.74) is 1.72. The van der Waals surface area contributed by atoms with Gasteiger partial charge in [0.1, 0.15) is 11.6 Å². The predicted molar refractivity (Wildman–Crippen MR) is 136 cm³/mol. The van der Waals surface area contributed by atoms with Crippen LogP contribution in [0.4, 0.5) is 0 Å². The summed E-state index contributed by atoms with van der Waals surface area (Å²) < 4.78 is 2.91. The molecule has 2 atom stereocenters. The van der Waals surface area contributed by atoms with Crippen molar-refractivity contribution in [3.63, 3.8) is 0 Å². The molecule has 196 valence electrons. The highest BCUT2D eigenvalue weighted by atomic mass is 32.2. The summed E-state index contributed by atoms with van der Waals surface area (Å²) in [5.74, 6) is 0.880. The molecule has 2 N–H and O–H groups in total. The maximum absolute atomic E-state index is 13.3. The van der Waals surface area contributed by atoms with Crippen LogP contribution >= 0.6 is 11.8 Å². The number of amides is 2. The molecule has 0 bridgehead atoms. The lowest BCUT2D eigenvalue weighted by Crippen LogP contribution is -2.51. The molecular weight excluding hydrogens is 482 g/mol. The van der Waals surface area contributed by atoms with Crippen LogP contribution in [-0.2, 0) is 18.4 Å². The van der Waals surface area contributed by atoms with Gasteiger partial charge < -0.3 is 15.3 Å². The first-order valence-electron chi connectivity index (χ1n) is 12.4.